The molecule has 5 nitrogen and oxygen atoms in total. The minimum absolute atomic E-state index is 0.196. The first-order chi connectivity index (χ1) is 11.1. The molecule has 1 aromatic carbocycles. The Kier molecular flexibility index (Phi) is 5.90. The van der Waals surface area contributed by atoms with Crippen LogP contribution in [0.25, 0.3) is 10.9 Å². The number of rotatable bonds is 8. The Hall–Kier alpha value is -2.17. The van der Waals surface area contributed by atoms with E-state index in [1.54, 1.807) is 25.8 Å². The monoisotopic (exact) mass is 319 g/mol. The van der Waals surface area contributed by atoms with E-state index in [4.69, 9.17) is 14.2 Å². The van der Waals surface area contributed by atoms with Gasteiger partial charge in [0.1, 0.15) is 5.75 Å². The molecule has 23 heavy (non-hydrogen) atoms. The normalized spacial score (nSPS) is 10.8. The van der Waals surface area contributed by atoms with Gasteiger partial charge >= 0.3 is 0 Å². The third kappa shape index (κ3) is 3.60. The Labute approximate surface area is 136 Å². The van der Waals surface area contributed by atoms with Gasteiger partial charge in [-0.05, 0) is 18.6 Å². The molecule has 0 N–H and O–H groups in total. The first kappa shape index (κ1) is 17.2. The summed E-state index contributed by atoms with van der Waals surface area (Å²) in [6, 6.07) is 5.56. The van der Waals surface area contributed by atoms with Gasteiger partial charge in [-0.25, -0.2) is 0 Å². The SMILES string of the molecule is CCCCCCOc1c(OC)c2ccc(OC)cc2n(C)c1=O. The molecule has 0 saturated heterocycles. The van der Waals surface area contributed by atoms with E-state index in [0.29, 0.717) is 18.1 Å². The average molecular weight is 319 g/mol. The first-order valence-corrected chi connectivity index (χ1v) is 8.01. The molecular formula is C18H25NO4. The first-order valence-electron chi connectivity index (χ1n) is 8.01. The van der Waals surface area contributed by atoms with Gasteiger partial charge in [-0.15, -0.1) is 0 Å². The van der Waals surface area contributed by atoms with Crippen LogP contribution in [0.3, 0.4) is 0 Å². The maximum Gasteiger partial charge on any atom is 0.297 e. The van der Waals surface area contributed by atoms with Gasteiger partial charge in [0, 0.05) is 18.5 Å². The van der Waals surface area contributed by atoms with E-state index in [9.17, 15) is 4.79 Å². The van der Waals surface area contributed by atoms with Gasteiger partial charge < -0.3 is 18.8 Å². The van der Waals surface area contributed by atoms with Crippen LogP contribution in [0.15, 0.2) is 23.0 Å². The molecule has 0 radical (unpaired) electrons. The molecule has 0 fully saturated rings. The predicted molar refractivity (Wildman–Crippen MR) is 91.9 cm³/mol. The summed E-state index contributed by atoms with van der Waals surface area (Å²) in [6.45, 7) is 2.69. The molecule has 0 aliphatic rings. The van der Waals surface area contributed by atoms with E-state index in [2.05, 4.69) is 6.92 Å². The third-order valence-corrected chi connectivity index (χ3v) is 3.96. The highest BCUT2D eigenvalue weighted by atomic mass is 16.5. The summed E-state index contributed by atoms with van der Waals surface area (Å²) in [5.74, 6) is 1.47. The van der Waals surface area contributed by atoms with Gasteiger partial charge in [-0.1, -0.05) is 26.2 Å². The van der Waals surface area contributed by atoms with Crippen molar-refractivity contribution in [3.8, 4) is 17.2 Å². The Balaban J connectivity index is 2.40. The highest BCUT2D eigenvalue weighted by Crippen LogP contribution is 2.34. The van der Waals surface area contributed by atoms with Crippen molar-refractivity contribution >= 4 is 10.9 Å². The van der Waals surface area contributed by atoms with Crippen LogP contribution in [-0.2, 0) is 7.05 Å². The fraction of sp³-hybridized carbons (Fsp3) is 0.500. The second-order valence-electron chi connectivity index (χ2n) is 5.52. The lowest BCUT2D eigenvalue weighted by atomic mass is 10.1. The van der Waals surface area contributed by atoms with Gasteiger partial charge in [0.05, 0.1) is 26.3 Å². The lowest BCUT2D eigenvalue weighted by Crippen LogP contribution is -2.21. The number of aryl methyl sites for hydroxylation is 1. The van der Waals surface area contributed by atoms with Crippen LogP contribution >= 0.6 is 0 Å². The number of hydrogen-bond donors (Lipinski definition) is 0. The van der Waals surface area contributed by atoms with E-state index in [-0.39, 0.29) is 11.3 Å². The molecule has 0 spiro atoms. The lowest BCUT2D eigenvalue weighted by molar-refractivity contribution is 0.281. The lowest BCUT2D eigenvalue weighted by Gasteiger charge is -2.15. The van der Waals surface area contributed by atoms with E-state index < -0.39 is 0 Å². The maximum atomic E-state index is 12.6. The molecule has 0 aliphatic heterocycles. The molecule has 1 aromatic heterocycles. The highest BCUT2D eigenvalue weighted by Gasteiger charge is 2.17. The van der Waals surface area contributed by atoms with Crippen molar-refractivity contribution in [3.63, 3.8) is 0 Å². The Morgan fingerprint density at radius 2 is 1.83 bits per heavy atom. The van der Waals surface area contributed by atoms with Crippen molar-refractivity contribution in [3.05, 3.63) is 28.6 Å². The molecule has 0 saturated carbocycles. The molecule has 0 atom stereocenters. The van der Waals surface area contributed by atoms with E-state index >= 15 is 0 Å². The maximum absolute atomic E-state index is 12.6. The highest BCUT2D eigenvalue weighted by molar-refractivity contribution is 5.88. The zero-order valence-electron chi connectivity index (χ0n) is 14.3. The number of hydrogen-bond acceptors (Lipinski definition) is 4. The summed E-state index contributed by atoms with van der Waals surface area (Å²) in [5.41, 5.74) is 0.558. The molecule has 2 rings (SSSR count). The number of methoxy groups -OCH3 is 2. The van der Waals surface area contributed by atoms with Crippen LogP contribution in [0.5, 0.6) is 17.2 Å². The Morgan fingerprint density at radius 3 is 2.48 bits per heavy atom. The molecule has 0 bridgehead atoms. The fourth-order valence-electron chi connectivity index (χ4n) is 2.62. The summed E-state index contributed by atoms with van der Waals surface area (Å²) in [6.07, 6.45) is 4.38. The van der Waals surface area contributed by atoms with Crippen LogP contribution < -0.4 is 19.8 Å². The molecular weight excluding hydrogens is 294 g/mol. The second-order valence-corrected chi connectivity index (χ2v) is 5.52. The van der Waals surface area contributed by atoms with Crippen molar-refractivity contribution in [1.82, 2.24) is 4.57 Å². The van der Waals surface area contributed by atoms with E-state index in [1.807, 2.05) is 18.2 Å². The van der Waals surface area contributed by atoms with E-state index in [1.165, 1.54) is 12.8 Å². The summed E-state index contributed by atoms with van der Waals surface area (Å²) in [5, 5.41) is 0.832. The van der Waals surface area contributed by atoms with Crippen molar-refractivity contribution in [2.45, 2.75) is 32.6 Å². The van der Waals surface area contributed by atoms with Crippen molar-refractivity contribution < 1.29 is 14.2 Å². The zero-order chi connectivity index (χ0) is 16.8. The topological polar surface area (TPSA) is 49.7 Å². The zero-order valence-corrected chi connectivity index (χ0v) is 14.3. The number of nitrogens with zero attached hydrogens (tertiary/aromatic N) is 1. The predicted octanol–water partition coefficient (Wildman–Crippen LogP) is 3.51. The van der Waals surface area contributed by atoms with Crippen LogP contribution in [0.4, 0.5) is 0 Å². The van der Waals surface area contributed by atoms with Gasteiger partial charge in [0.15, 0.2) is 5.75 Å². The molecule has 0 aliphatic carbocycles. The summed E-state index contributed by atoms with van der Waals surface area (Å²) in [7, 11) is 4.89. The quantitative estimate of drug-likeness (QED) is 0.699. The van der Waals surface area contributed by atoms with Gasteiger partial charge in [-0.3, -0.25) is 4.79 Å². The van der Waals surface area contributed by atoms with Crippen molar-refractivity contribution in [2.75, 3.05) is 20.8 Å². The van der Waals surface area contributed by atoms with E-state index in [0.717, 1.165) is 23.7 Å². The standard InChI is InChI=1S/C18H25NO4/c1-5-6-7-8-11-23-17-16(22-4)14-10-9-13(21-3)12-15(14)19(2)18(17)20/h9-10,12H,5-8,11H2,1-4H3. The van der Waals surface area contributed by atoms with Crippen molar-refractivity contribution in [2.24, 2.45) is 7.05 Å². The molecule has 5 heteroatoms. The summed E-state index contributed by atoms with van der Waals surface area (Å²) < 4.78 is 18.0. The largest absolute Gasteiger partial charge is 0.497 e. The van der Waals surface area contributed by atoms with Crippen molar-refractivity contribution in [1.29, 1.82) is 0 Å². The van der Waals surface area contributed by atoms with Crippen LogP contribution in [-0.4, -0.2) is 25.4 Å². The van der Waals surface area contributed by atoms with Gasteiger partial charge in [0.25, 0.3) is 5.56 Å². The number of fused-ring (bicyclic) bond motifs is 1. The van der Waals surface area contributed by atoms with Gasteiger partial charge in [-0.2, -0.15) is 0 Å². The summed E-state index contributed by atoms with van der Waals surface area (Å²) >= 11 is 0. The van der Waals surface area contributed by atoms with Gasteiger partial charge in [0.2, 0.25) is 5.75 Å². The number of benzene rings is 1. The number of aromatic nitrogens is 1. The smallest absolute Gasteiger partial charge is 0.297 e. The number of unbranched alkanes of at least 4 members (excludes halogenated alkanes) is 3. The molecule has 0 amide bonds. The fourth-order valence-corrected chi connectivity index (χ4v) is 2.62. The number of ether oxygens (including phenoxy) is 3. The third-order valence-electron chi connectivity index (χ3n) is 3.96. The van der Waals surface area contributed by atoms with Crippen LogP contribution in [0, 0.1) is 0 Å². The van der Waals surface area contributed by atoms with Crippen LogP contribution in [0.2, 0.25) is 0 Å². The minimum atomic E-state index is -0.196. The molecule has 2 aromatic rings. The Morgan fingerprint density at radius 1 is 1.04 bits per heavy atom. The molecule has 0 unspecified atom stereocenters. The molecule has 126 valence electrons. The average Bonchev–Trinajstić information content (AvgIpc) is 2.58. The van der Waals surface area contributed by atoms with Crippen LogP contribution in [0.1, 0.15) is 32.6 Å². The second kappa shape index (κ2) is 7.90. The Bertz CT molecular complexity index is 721. The number of pyridine rings is 1. The minimum Gasteiger partial charge on any atom is -0.497 e. The summed E-state index contributed by atoms with van der Waals surface area (Å²) in [4.78, 5) is 12.6. The molecule has 1 heterocycles.